The van der Waals surface area contributed by atoms with Gasteiger partial charge in [-0.25, -0.2) is 0 Å². The number of non-ortho nitro benzene ring substituents is 1. The molecule has 1 aliphatic heterocycles. The topological polar surface area (TPSA) is 76.8 Å². The van der Waals surface area contributed by atoms with Crippen molar-refractivity contribution in [2.45, 2.75) is 31.9 Å². The quantitative estimate of drug-likeness (QED) is 0.108. The number of aryl methyl sites for hydroxylation is 1. The zero-order valence-electron chi connectivity index (χ0n) is 22.0. The van der Waals surface area contributed by atoms with E-state index < -0.39 is 4.92 Å². The molecule has 0 saturated carbocycles. The molecule has 0 fully saturated rings. The summed E-state index contributed by atoms with van der Waals surface area (Å²) < 4.78 is 6.01. The molecule has 7 heteroatoms. The molecule has 40 heavy (non-hydrogen) atoms. The number of benzene rings is 4. The van der Waals surface area contributed by atoms with Gasteiger partial charge in [-0.1, -0.05) is 53.6 Å². The van der Waals surface area contributed by atoms with Crippen LogP contribution in [0.5, 0.6) is 5.75 Å². The van der Waals surface area contributed by atoms with Crippen molar-refractivity contribution in [3.05, 3.63) is 140 Å². The van der Waals surface area contributed by atoms with Crippen molar-refractivity contribution in [2.75, 3.05) is 5.32 Å². The van der Waals surface area contributed by atoms with Gasteiger partial charge in [-0.3, -0.25) is 15.1 Å². The Morgan fingerprint density at radius 1 is 1.05 bits per heavy atom. The van der Waals surface area contributed by atoms with Crippen molar-refractivity contribution in [1.82, 2.24) is 0 Å². The second-order valence-electron chi connectivity index (χ2n) is 10.3. The zero-order chi connectivity index (χ0) is 27.6. The third kappa shape index (κ3) is 5.36. The van der Waals surface area contributed by atoms with Gasteiger partial charge in [0.1, 0.15) is 12.4 Å². The largest absolute Gasteiger partial charge is 0.488 e. The van der Waals surface area contributed by atoms with Crippen molar-refractivity contribution in [1.29, 1.82) is 0 Å². The van der Waals surface area contributed by atoms with Crippen molar-refractivity contribution in [3.63, 3.8) is 0 Å². The maximum atomic E-state index is 10.9. The summed E-state index contributed by atoms with van der Waals surface area (Å²) in [6, 6.07) is 27.0. The Balaban J connectivity index is 1.17. The molecule has 0 saturated heterocycles. The van der Waals surface area contributed by atoms with E-state index in [2.05, 4.69) is 54.7 Å². The number of fused-ring (bicyclic) bond motifs is 3. The van der Waals surface area contributed by atoms with E-state index in [1.165, 1.54) is 34.5 Å². The number of rotatable bonds is 7. The average molecular weight is 550 g/mol. The third-order valence-electron chi connectivity index (χ3n) is 7.64. The maximum Gasteiger partial charge on any atom is 0.269 e. The fourth-order valence-electron chi connectivity index (χ4n) is 5.58. The van der Waals surface area contributed by atoms with Crippen molar-refractivity contribution < 1.29 is 9.66 Å². The predicted molar refractivity (Wildman–Crippen MR) is 160 cm³/mol. The lowest BCUT2D eigenvalue weighted by atomic mass is 9.76. The van der Waals surface area contributed by atoms with Crippen LogP contribution in [0.4, 0.5) is 17.1 Å². The molecule has 6 rings (SSSR count). The SMILES string of the molecule is Cc1ccc2c(c1)[C@@H]1C=CC[C@@H]1[C@@H](c1ccc(N=Cc3cc(Cl)ccc3OCc3ccc([N+](=O)[O-])cc3)cc1)N2. The molecule has 6 nitrogen and oxygen atoms in total. The molecule has 2 aliphatic rings. The highest BCUT2D eigenvalue weighted by atomic mass is 35.5. The van der Waals surface area contributed by atoms with E-state index in [9.17, 15) is 10.1 Å². The Morgan fingerprint density at radius 2 is 1.85 bits per heavy atom. The smallest absolute Gasteiger partial charge is 0.269 e. The van der Waals surface area contributed by atoms with Gasteiger partial charge in [0.25, 0.3) is 5.69 Å². The van der Waals surface area contributed by atoms with E-state index in [1.807, 2.05) is 18.2 Å². The first-order valence-electron chi connectivity index (χ1n) is 13.3. The molecule has 0 radical (unpaired) electrons. The third-order valence-corrected chi connectivity index (χ3v) is 7.87. The van der Waals surface area contributed by atoms with Crippen LogP contribution in [0, 0.1) is 23.0 Å². The number of hydrogen-bond donors (Lipinski definition) is 1. The Morgan fingerprint density at radius 3 is 2.62 bits per heavy atom. The maximum absolute atomic E-state index is 10.9. The summed E-state index contributed by atoms with van der Waals surface area (Å²) in [6.07, 6.45) is 7.49. The molecule has 0 amide bonds. The van der Waals surface area contributed by atoms with E-state index in [-0.39, 0.29) is 18.3 Å². The summed E-state index contributed by atoms with van der Waals surface area (Å²) in [4.78, 5) is 15.2. The standard InChI is InChI=1S/C33H28ClN3O3/c1-21-5-15-31-30(17-21)28-3-2-4-29(28)33(36-31)23-8-11-26(12-9-23)35-19-24-18-25(34)10-16-32(24)40-20-22-6-13-27(14-7-22)37(38)39/h2-3,5-19,28-29,33,36H,4,20H2,1H3/t28-,29+,33-/m1/s1. The molecule has 0 aromatic heterocycles. The molecule has 200 valence electrons. The van der Waals surface area contributed by atoms with E-state index >= 15 is 0 Å². The van der Waals surface area contributed by atoms with Crippen LogP contribution in [-0.4, -0.2) is 11.1 Å². The van der Waals surface area contributed by atoms with Gasteiger partial charge in [0.05, 0.1) is 16.7 Å². The van der Waals surface area contributed by atoms with Crippen LogP contribution in [0.2, 0.25) is 5.02 Å². The molecule has 1 aliphatic carbocycles. The van der Waals surface area contributed by atoms with Gasteiger partial charge in [-0.05, 0) is 84.5 Å². The van der Waals surface area contributed by atoms with E-state index in [0.717, 1.165) is 23.2 Å². The van der Waals surface area contributed by atoms with Gasteiger partial charge in [-0.15, -0.1) is 0 Å². The monoisotopic (exact) mass is 549 g/mol. The Hall–Kier alpha value is -4.42. The Kier molecular flexibility index (Phi) is 7.10. The number of ether oxygens (including phenoxy) is 1. The van der Waals surface area contributed by atoms with Crippen LogP contribution >= 0.6 is 11.6 Å². The molecule has 4 aromatic rings. The fourth-order valence-corrected chi connectivity index (χ4v) is 5.76. The van der Waals surface area contributed by atoms with Crippen LogP contribution in [0.25, 0.3) is 0 Å². The van der Waals surface area contributed by atoms with Crippen LogP contribution in [0.3, 0.4) is 0 Å². The minimum Gasteiger partial charge on any atom is -0.488 e. The van der Waals surface area contributed by atoms with Crippen LogP contribution in [-0.2, 0) is 6.61 Å². The summed E-state index contributed by atoms with van der Waals surface area (Å²) in [7, 11) is 0. The second kappa shape index (κ2) is 11.0. The summed E-state index contributed by atoms with van der Waals surface area (Å²) in [5.41, 5.74) is 7.61. The van der Waals surface area contributed by atoms with Crippen LogP contribution in [0.15, 0.2) is 102 Å². The molecule has 0 bridgehead atoms. The number of hydrogen-bond acceptors (Lipinski definition) is 5. The van der Waals surface area contributed by atoms with E-state index in [0.29, 0.717) is 22.6 Å². The lowest BCUT2D eigenvalue weighted by Crippen LogP contribution is -2.29. The lowest BCUT2D eigenvalue weighted by Gasteiger charge is -2.37. The fraction of sp³-hybridized carbons (Fsp3) is 0.182. The second-order valence-corrected chi connectivity index (χ2v) is 10.7. The van der Waals surface area contributed by atoms with Gasteiger partial charge in [0, 0.05) is 40.5 Å². The molecular formula is C33H28ClN3O3. The Bertz CT molecular complexity index is 1610. The summed E-state index contributed by atoms with van der Waals surface area (Å²) in [6.45, 7) is 2.42. The first-order chi connectivity index (χ1) is 19.4. The minimum absolute atomic E-state index is 0.0491. The molecule has 3 atom stereocenters. The number of nitro benzene ring substituents is 1. The predicted octanol–water partition coefficient (Wildman–Crippen LogP) is 8.71. The average Bonchev–Trinajstić information content (AvgIpc) is 3.46. The Labute approximate surface area is 238 Å². The normalized spacial score (nSPS) is 19.2. The summed E-state index contributed by atoms with van der Waals surface area (Å²) >= 11 is 6.27. The van der Waals surface area contributed by atoms with Gasteiger partial charge < -0.3 is 10.1 Å². The first kappa shape index (κ1) is 25.8. The van der Waals surface area contributed by atoms with Crippen molar-refractivity contribution in [3.8, 4) is 5.75 Å². The molecular weight excluding hydrogens is 522 g/mol. The number of halogens is 1. The number of allylic oxidation sites excluding steroid dienone is 2. The summed E-state index contributed by atoms with van der Waals surface area (Å²) in [5, 5.41) is 15.3. The van der Waals surface area contributed by atoms with Crippen LogP contribution in [0.1, 0.15) is 46.2 Å². The number of nitro groups is 1. The molecule has 1 N–H and O–H groups in total. The van der Waals surface area contributed by atoms with E-state index in [4.69, 9.17) is 21.3 Å². The zero-order valence-corrected chi connectivity index (χ0v) is 22.7. The highest BCUT2D eigenvalue weighted by Gasteiger charge is 2.37. The lowest BCUT2D eigenvalue weighted by molar-refractivity contribution is -0.384. The molecule has 4 aromatic carbocycles. The number of anilines is 1. The number of nitrogens with one attached hydrogen (secondary N) is 1. The van der Waals surface area contributed by atoms with Crippen molar-refractivity contribution in [2.24, 2.45) is 10.9 Å². The molecule has 0 unspecified atom stereocenters. The van der Waals surface area contributed by atoms with Gasteiger partial charge >= 0.3 is 0 Å². The van der Waals surface area contributed by atoms with Crippen LogP contribution < -0.4 is 10.1 Å². The van der Waals surface area contributed by atoms with Gasteiger partial charge in [-0.2, -0.15) is 0 Å². The molecule has 1 heterocycles. The number of aliphatic imine (C=N–C) groups is 1. The van der Waals surface area contributed by atoms with Crippen molar-refractivity contribution >= 4 is 34.9 Å². The van der Waals surface area contributed by atoms with E-state index in [1.54, 1.807) is 30.5 Å². The highest BCUT2D eigenvalue weighted by Crippen LogP contribution is 2.50. The number of nitrogens with zero attached hydrogens (tertiary/aromatic N) is 2. The van der Waals surface area contributed by atoms with Gasteiger partial charge in [0.15, 0.2) is 0 Å². The van der Waals surface area contributed by atoms with Gasteiger partial charge in [0.2, 0.25) is 0 Å². The highest BCUT2D eigenvalue weighted by molar-refractivity contribution is 6.30. The summed E-state index contributed by atoms with van der Waals surface area (Å²) in [5.74, 6) is 1.56. The first-order valence-corrected chi connectivity index (χ1v) is 13.7. The minimum atomic E-state index is -0.418. The molecule has 0 spiro atoms.